The van der Waals surface area contributed by atoms with Crippen molar-refractivity contribution in [3.8, 4) is 0 Å². The van der Waals surface area contributed by atoms with Gasteiger partial charge in [0.1, 0.15) is 11.6 Å². The van der Waals surface area contributed by atoms with E-state index in [9.17, 15) is 0 Å². The number of methoxy groups -OCH3 is 1. The Balaban J connectivity index is 1.59. The highest BCUT2D eigenvalue weighted by Crippen LogP contribution is 2.21. The number of hydrogen-bond donors (Lipinski definition) is 1. The zero-order valence-corrected chi connectivity index (χ0v) is 15.2. The Kier molecular flexibility index (Phi) is 5.71. The topological polar surface area (TPSA) is 67.6 Å². The van der Waals surface area contributed by atoms with Crippen LogP contribution in [0.25, 0.3) is 0 Å². The van der Waals surface area contributed by atoms with Crippen molar-refractivity contribution in [3.63, 3.8) is 0 Å². The highest BCUT2D eigenvalue weighted by Gasteiger charge is 2.26. The van der Waals surface area contributed by atoms with Crippen LogP contribution < -0.4 is 5.32 Å². The molecule has 0 aromatic carbocycles. The molecule has 0 bridgehead atoms. The van der Waals surface area contributed by atoms with Crippen molar-refractivity contribution in [2.75, 3.05) is 39.9 Å². The summed E-state index contributed by atoms with van der Waals surface area (Å²) in [7, 11) is 1.78. The number of ether oxygens (including phenoxy) is 1. The highest BCUT2D eigenvalue weighted by atomic mass is 16.5. The molecule has 0 amide bonds. The van der Waals surface area contributed by atoms with E-state index in [0.29, 0.717) is 11.8 Å². The number of nitrogens with zero attached hydrogens (tertiary/aromatic N) is 5. The molecule has 2 aliphatic heterocycles. The van der Waals surface area contributed by atoms with Gasteiger partial charge >= 0.3 is 0 Å². The van der Waals surface area contributed by atoms with E-state index in [1.165, 1.54) is 6.42 Å². The van der Waals surface area contributed by atoms with E-state index in [1.54, 1.807) is 7.11 Å². The molecule has 134 valence electrons. The van der Waals surface area contributed by atoms with E-state index in [4.69, 9.17) is 9.73 Å². The van der Waals surface area contributed by atoms with Crippen LogP contribution in [0.4, 0.5) is 0 Å². The number of aromatic nitrogens is 3. The molecule has 2 aliphatic rings. The molecular formula is C17H30N6O. The first-order valence-corrected chi connectivity index (χ1v) is 9.12. The lowest BCUT2D eigenvalue weighted by Gasteiger charge is -2.25. The van der Waals surface area contributed by atoms with Crippen molar-refractivity contribution in [1.82, 2.24) is 25.0 Å². The Labute approximate surface area is 144 Å². The second-order valence-corrected chi connectivity index (χ2v) is 6.93. The Morgan fingerprint density at radius 3 is 2.96 bits per heavy atom. The lowest BCUT2D eigenvalue weighted by atomic mass is 9.99. The summed E-state index contributed by atoms with van der Waals surface area (Å²) in [6.07, 6.45) is 3.34. The minimum absolute atomic E-state index is 0.568. The van der Waals surface area contributed by atoms with Gasteiger partial charge in [-0.1, -0.05) is 0 Å². The summed E-state index contributed by atoms with van der Waals surface area (Å²) in [5.41, 5.74) is 0. The minimum atomic E-state index is 0.568. The van der Waals surface area contributed by atoms with Crippen LogP contribution in [0, 0.1) is 18.8 Å². The number of hydrogen-bond acceptors (Lipinski definition) is 4. The molecule has 3 rings (SSSR count). The van der Waals surface area contributed by atoms with Gasteiger partial charge in [0.25, 0.3) is 0 Å². The van der Waals surface area contributed by atoms with Gasteiger partial charge in [0, 0.05) is 52.2 Å². The molecule has 1 aromatic rings. The quantitative estimate of drug-likeness (QED) is 0.645. The van der Waals surface area contributed by atoms with Gasteiger partial charge < -0.3 is 19.5 Å². The fraction of sp³-hybridized carbons (Fsp3) is 0.824. The van der Waals surface area contributed by atoms with Crippen LogP contribution in [0.15, 0.2) is 4.99 Å². The predicted octanol–water partition coefficient (Wildman–Crippen LogP) is 1.08. The van der Waals surface area contributed by atoms with E-state index >= 15 is 0 Å². The molecule has 0 aliphatic carbocycles. The SMILES string of the molecule is CCNC(=NCC1CCc2nnc(C)n2C1)N1CCC(COC)C1. The second-order valence-electron chi connectivity index (χ2n) is 6.93. The summed E-state index contributed by atoms with van der Waals surface area (Å²) in [6, 6.07) is 0. The molecule has 0 saturated carbocycles. The summed E-state index contributed by atoms with van der Waals surface area (Å²) >= 11 is 0. The third-order valence-corrected chi connectivity index (χ3v) is 5.05. The summed E-state index contributed by atoms with van der Waals surface area (Å²) in [4.78, 5) is 7.32. The number of aryl methyl sites for hydroxylation is 2. The first-order valence-electron chi connectivity index (χ1n) is 9.12. The number of fused-ring (bicyclic) bond motifs is 1. The number of guanidine groups is 1. The Morgan fingerprint density at radius 2 is 2.17 bits per heavy atom. The average Bonchev–Trinajstić information content (AvgIpc) is 3.19. The zero-order chi connectivity index (χ0) is 16.9. The summed E-state index contributed by atoms with van der Waals surface area (Å²) < 4.78 is 7.56. The second kappa shape index (κ2) is 7.96. The molecule has 7 heteroatoms. The molecule has 1 fully saturated rings. The number of nitrogens with one attached hydrogen (secondary N) is 1. The smallest absolute Gasteiger partial charge is 0.193 e. The van der Waals surface area contributed by atoms with Crippen LogP contribution in [0.3, 0.4) is 0 Å². The van der Waals surface area contributed by atoms with Gasteiger partial charge in [-0.15, -0.1) is 10.2 Å². The lowest BCUT2D eigenvalue weighted by molar-refractivity contribution is 0.157. The van der Waals surface area contributed by atoms with Crippen molar-refractivity contribution in [1.29, 1.82) is 0 Å². The van der Waals surface area contributed by atoms with Gasteiger partial charge in [-0.25, -0.2) is 0 Å². The van der Waals surface area contributed by atoms with Gasteiger partial charge in [-0.3, -0.25) is 4.99 Å². The van der Waals surface area contributed by atoms with Crippen LogP contribution >= 0.6 is 0 Å². The first-order chi connectivity index (χ1) is 11.7. The maximum Gasteiger partial charge on any atom is 0.193 e. The summed E-state index contributed by atoms with van der Waals surface area (Å²) in [6.45, 7) is 9.88. The molecule has 24 heavy (non-hydrogen) atoms. The van der Waals surface area contributed by atoms with Crippen molar-refractivity contribution in [3.05, 3.63) is 11.6 Å². The van der Waals surface area contributed by atoms with Crippen molar-refractivity contribution in [2.45, 2.75) is 39.7 Å². The molecule has 1 aromatic heterocycles. The van der Waals surface area contributed by atoms with Gasteiger partial charge in [-0.2, -0.15) is 0 Å². The van der Waals surface area contributed by atoms with Crippen LogP contribution in [-0.2, 0) is 17.7 Å². The highest BCUT2D eigenvalue weighted by molar-refractivity contribution is 5.80. The minimum Gasteiger partial charge on any atom is -0.384 e. The molecule has 0 spiro atoms. The Morgan fingerprint density at radius 1 is 1.29 bits per heavy atom. The van der Waals surface area contributed by atoms with Crippen LogP contribution in [-0.4, -0.2) is 65.5 Å². The molecule has 2 unspecified atom stereocenters. The molecule has 0 radical (unpaired) electrons. The maximum absolute atomic E-state index is 5.30. The summed E-state index contributed by atoms with van der Waals surface area (Å²) in [5.74, 6) is 4.39. The number of aliphatic imine (C=N–C) groups is 1. The molecule has 3 heterocycles. The largest absolute Gasteiger partial charge is 0.384 e. The first kappa shape index (κ1) is 17.2. The van der Waals surface area contributed by atoms with Crippen molar-refractivity contribution < 1.29 is 4.74 Å². The van der Waals surface area contributed by atoms with E-state index < -0.39 is 0 Å². The number of likely N-dealkylation sites (tertiary alicyclic amines) is 1. The van der Waals surface area contributed by atoms with Gasteiger partial charge in [0.15, 0.2) is 5.96 Å². The van der Waals surface area contributed by atoms with E-state index in [1.807, 2.05) is 6.92 Å². The average molecular weight is 334 g/mol. The van der Waals surface area contributed by atoms with Crippen molar-refractivity contribution >= 4 is 5.96 Å². The van der Waals surface area contributed by atoms with Gasteiger partial charge in [0.2, 0.25) is 0 Å². The normalized spacial score (nSPS) is 24.3. The maximum atomic E-state index is 5.30. The van der Waals surface area contributed by atoms with Crippen LogP contribution in [0.1, 0.15) is 31.4 Å². The molecule has 2 atom stereocenters. The fourth-order valence-corrected chi connectivity index (χ4v) is 3.72. The predicted molar refractivity (Wildman–Crippen MR) is 94.1 cm³/mol. The fourth-order valence-electron chi connectivity index (χ4n) is 3.72. The van der Waals surface area contributed by atoms with Crippen molar-refractivity contribution in [2.24, 2.45) is 16.8 Å². The van der Waals surface area contributed by atoms with Gasteiger partial charge in [-0.05, 0) is 32.6 Å². The van der Waals surface area contributed by atoms with E-state index in [0.717, 1.165) is 69.8 Å². The lowest BCUT2D eigenvalue weighted by Crippen LogP contribution is -2.40. The molecular weight excluding hydrogens is 304 g/mol. The molecule has 7 nitrogen and oxygen atoms in total. The molecule has 1 saturated heterocycles. The Bertz CT molecular complexity index is 569. The van der Waals surface area contributed by atoms with Gasteiger partial charge in [0.05, 0.1) is 6.61 Å². The Hall–Kier alpha value is -1.63. The monoisotopic (exact) mass is 334 g/mol. The number of rotatable bonds is 5. The van der Waals surface area contributed by atoms with Crippen LogP contribution in [0.2, 0.25) is 0 Å². The third kappa shape index (κ3) is 3.88. The summed E-state index contributed by atoms with van der Waals surface area (Å²) in [5, 5.41) is 11.9. The van der Waals surface area contributed by atoms with E-state index in [-0.39, 0.29) is 0 Å². The zero-order valence-electron chi connectivity index (χ0n) is 15.2. The van der Waals surface area contributed by atoms with Crippen LogP contribution in [0.5, 0.6) is 0 Å². The molecule has 1 N–H and O–H groups in total. The van der Waals surface area contributed by atoms with E-state index in [2.05, 4.69) is 31.9 Å². The third-order valence-electron chi connectivity index (χ3n) is 5.05. The standard InChI is InChI=1S/C17H30N6O/c1-4-18-17(22-8-7-15(10-22)12-24-3)19-9-14-5-6-16-21-20-13(2)23(16)11-14/h14-15H,4-12H2,1-3H3,(H,18,19).